The normalized spacial score (nSPS) is 13.3. The lowest BCUT2D eigenvalue weighted by Gasteiger charge is -2.20. The Bertz CT molecular complexity index is 982. The standard InChI is InChI=1S/C22H26F3N3O3/c1-14-11-18(28(6)27-14)19(30-13-31-20(29)22(23,24)25)17(12-26-5)15-7-9-16(10-8-15)21(2,3)4/h7-12H,13H2,1-6H3/b19-17-,26-12?. The first-order valence-electron chi connectivity index (χ1n) is 9.49. The Labute approximate surface area is 179 Å². The summed E-state index contributed by atoms with van der Waals surface area (Å²) in [6.07, 6.45) is -3.57. The molecule has 0 aliphatic rings. The molecule has 0 bridgehead atoms. The fourth-order valence-corrected chi connectivity index (χ4v) is 2.88. The number of esters is 1. The van der Waals surface area contributed by atoms with Crippen molar-refractivity contribution in [3.63, 3.8) is 0 Å². The SMILES string of the molecule is CN=C/C(=C(/OCOC(=O)C(F)(F)F)c1cc(C)nn1C)c1ccc(C(C)(C)C)cc1. The molecule has 0 saturated carbocycles. The van der Waals surface area contributed by atoms with Crippen molar-refractivity contribution in [2.24, 2.45) is 12.0 Å². The summed E-state index contributed by atoms with van der Waals surface area (Å²) >= 11 is 0. The molecule has 1 heterocycles. The van der Waals surface area contributed by atoms with Crippen molar-refractivity contribution in [3.8, 4) is 0 Å². The minimum Gasteiger partial charge on any atom is -0.454 e. The van der Waals surface area contributed by atoms with Gasteiger partial charge in [-0.1, -0.05) is 45.0 Å². The van der Waals surface area contributed by atoms with Crippen LogP contribution in [0.2, 0.25) is 0 Å². The Morgan fingerprint density at radius 2 is 1.77 bits per heavy atom. The second kappa shape index (κ2) is 9.36. The molecule has 1 aromatic carbocycles. The van der Waals surface area contributed by atoms with Crippen LogP contribution < -0.4 is 0 Å². The second-order valence-corrected chi connectivity index (χ2v) is 7.94. The van der Waals surface area contributed by atoms with Gasteiger partial charge in [-0.25, -0.2) is 4.79 Å². The Kier molecular flexibility index (Phi) is 7.30. The summed E-state index contributed by atoms with van der Waals surface area (Å²) in [6.45, 7) is 7.13. The Morgan fingerprint density at radius 3 is 2.23 bits per heavy atom. The molecule has 0 amide bonds. The van der Waals surface area contributed by atoms with Crippen LogP contribution >= 0.6 is 0 Å². The molecule has 0 unspecified atom stereocenters. The van der Waals surface area contributed by atoms with E-state index in [0.717, 1.165) is 11.1 Å². The smallest absolute Gasteiger partial charge is 0.454 e. The predicted octanol–water partition coefficient (Wildman–Crippen LogP) is 4.67. The highest BCUT2D eigenvalue weighted by atomic mass is 19.4. The Morgan fingerprint density at radius 1 is 1.16 bits per heavy atom. The summed E-state index contributed by atoms with van der Waals surface area (Å²) in [6, 6.07) is 9.41. The van der Waals surface area contributed by atoms with Gasteiger partial charge in [0.15, 0.2) is 5.76 Å². The molecule has 9 heteroatoms. The highest BCUT2D eigenvalue weighted by Gasteiger charge is 2.41. The number of halogens is 3. The van der Waals surface area contributed by atoms with E-state index in [4.69, 9.17) is 4.74 Å². The van der Waals surface area contributed by atoms with Crippen LogP contribution in [-0.4, -0.2) is 42.0 Å². The number of rotatable bonds is 6. The lowest BCUT2D eigenvalue weighted by Crippen LogP contribution is -2.26. The van der Waals surface area contributed by atoms with Gasteiger partial charge < -0.3 is 9.47 Å². The molecule has 0 aliphatic heterocycles. The lowest BCUT2D eigenvalue weighted by molar-refractivity contribution is -0.206. The van der Waals surface area contributed by atoms with Crippen LogP contribution in [0, 0.1) is 6.92 Å². The number of aromatic nitrogens is 2. The molecular weight excluding hydrogens is 411 g/mol. The molecular formula is C22H26F3N3O3. The summed E-state index contributed by atoms with van der Waals surface area (Å²) in [7, 11) is 3.25. The first-order valence-corrected chi connectivity index (χ1v) is 9.49. The van der Waals surface area contributed by atoms with Crippen molar-refractivity contribution in [1.29, 1.82) is 0 Å². The average molecular weight is 437 g/mol. The average Bonchev–Trinajstić information content (AvgIpc) is 3.00. The molecule has 0 atom stereocenters. The van der Waals surface area contributed by atoms with Gasteiger partial charge >= 0.3 is 12.1 Å². The second-order valence-electron chi connectivity index (χ2n) is 7.94. The van der Waals surface area contributed by atoms with Gasteiger partial charge in [0.1, 0.15) is 5.69 Å². The Balaban J connectivity index is 2.52. The van der Waals surface area contributed by atoms with E-state index in [1.54, 1.807) is 27.1 Å². The first kappa shape index (κ1) is 24.2. The summed E-state index contributed by atoms with van der Waals surface area (Å²) in [4.78, 5) is 15.1. The van der Waals surface area contributed by atoms with Gasteiger partial charge in [0, 0.05) is 25.9 Å². The van der Waals surface area contributed by atoms with Gasteiger partial charge in [0.25, 0.3) is 0 Å². The summed E-state index contributed by atoms with van der Waals surface area (Å²) < 4.78 is 48.7. The maximum Gasteiger partial charge on any atom is 0.491 e. The van der Waals surface area contributed by atoms with Gasteiger partial charge in [-0.2, -0.15) is 18.3 Å². The number of carbonyl (C=O) groups excluding carboxylic acids is 1. The summed E-state index contributed by atoms with van der Waals surface area (Å²) in [5.41, 5.74) is 3.48. The number of benzene rings is 1. The van der Waals surface area contributed by atoms with E-state index in [1.807, 2.05) is 24.3 Å². The number of hydrogen-bond acceptors (Lipinski definition) is 5. The van der Waals surface area contributed by atoms with Crippen LogP contribution in [0.4, 0.5) is 13.2 Å². The van der Waals surface area contributed by atoms with Gasteiger partial charge in [0.05, 0.1) is 5.69 Å². The zero-order valence-electron chi connectivity index (χ0n) is 18.4. The molecule has 2 rings (SSSR count). The van der Waals surface area contributed by atoms with E-state index >= 15 is 0 Å². The van der Waals surface area contributed by atoms with Crippen LogP contribution in [0.15, 0.2) is 35.3 Å². The molecule has 2 aromatic rings. The summed E-state index contributed by atoms with van der Waals surface area (Å²) in [5.74, 6) is -2.14. The van der Waals surface area contributed by atoms with Crippen molar-refractivity contribution in [2.75, 3.05) is 13.8 Å². The fraction of sp³-hybridized carbons (Fsp3) is 0.409. The molecule has 31 heavy (non-hydrogen) atoms. The van der Waals surface area contributed by atoms with Crippen molar-refractivity contribution in [2.45, 2.75) is 39.3 Å². The van der Waals surface area contributed by atoms with Crippen molar-refractivity contribution >= 4 is 23.5 Å². The van der Waals surface area contributed by atoms with Crippen molar-refractivity contribution in [3.05, 3.63) is 52.8 Å². The van der Waals surface area contributed by atoms with Crippen LogP contribution in [0.5, 0.6) is 0 Å². The van der Waals surface area contributed by atoms with Crippen LogP contribution in [-0.2, 0) is 26.7 Å². The topological polar surface area (TPSA) is 65.7 Å². The highest BCUT2D eigenvalue weighted by Crippen LogP contribution is 2.29. The van der Waals surface area contributed by atoms with E-state index in [0.29, 0.717) is 17.0 Å². The van der Waals surface area contributed by atoms with Gasteiger partial charge in [-0.3, -0.25) is 9.67 Å². The van der Waals surface area contributed by atoms with Gasteiger partial charge in [0.2, 0.25) is 6.79 Å². The molecule has 0 aliphatic carbocycles. The Hall–Kier alpha value is -3.10. The highest BCUT2D eigenvalue weighted by molar-refractivity contribution is 6.18. The third-order valence-electron chi connectivity index (χ3n) is 4.42. The predicted molar refractivity (Wildman–Crippen MR) is 112 cm³/mol. The third-order valence-corrected chi connectivity index (χ3v) is 4.42. The van der Waals surface area contributed by atoms with E-state index in [9.17, 15) is 18.0 Å². The molecule has 0 spiro atoms. The maximum atomic E-state index is 12.5. The minimum atomic E-state index is -5.10. The molecule has 0 fully saturated rings. The number of allylic oxidation sites excluding steroid dienone is 1. The fourth-order valence-electron chi connectivity index (χ4n) is 2.88. The molecule has 0 N–H and O–H groups in total. The molecule has 0 radical (unpaired) electrons. The number of aryl methyl sites for hydroxylation is 2. The van der Waals surface area contributed by atoms with Crippen LogP contribution in [0.1, 0.15) is 43.3 Å². The number of alkyl halides is 3. The zero-order valence-corrected chi connectivity index (χ0v) is 18.4. The first-order chi connectivity index (χ1) is 14.3. The van der Waals surface area contributed by atoms with E-state index < -0.39 is 18.9 Å². The zero-order chi connectivity index (χ0) is 23.4. The quantitative estimate of drug-likeness (QED) is 0.285. The maximum absolute atomic E-state index is 12.5. The number of carbonyl (C=O) groups is 1. The number of hydrogen-bond donors (Lipinski definition) is 0. The molecule has 6 nitrogen and oxygen atoms in total. The van der Waals surface area contributed by atoms with Crippen molar-refractivity contribution < 1.29 is 27.4 Å². The summed E-state index contributed by atoms with van der Waals surface area (Å²) in [5, 5.41) is 4.27. The van der Waals surface area contributed by atoms with Crippen molar-refractivity contribution in [1.82, 2.24) is 9.78 Å². The van der Waals surface area contributed by atoms with Crippen LogP contribution in [0.3, 0.4) is 0 Å². The monoisotopic (exact) mass is 437 g/mol. The van der Waals surface area contributed by atoms with E-state index in [2.05, 4.69) is 35.6 Å². The molecule has 168 valence electrons. The van der Waals surface area contributed by atoms with E-state index in [-0.39, 0.29) is 11.2 Å². The van der Waals surface area contributed by atoms with Gasteiger partial charge in [-0.05, 0) is 29.5 Å². The minimum absolute atomic E-state index is 0.0501. The molecule has 0 saturated heterocycles. The van der Waals surface area contributed by atoms with E-state index in [1.165, 1.54) is 10.9 Å². The van der Waals surface area contributed by atoms with Gasteiger partial charge in [-0.15, -0.1) is 0 Å². The largest absolute Gasteiger partial charge is 0.491 e. The number of ether oxygens (including phenoxy) is 2. The number of nitrogens with zero attached hydrogens (tertiary/aromatic N) is 3. The molecule has 1 aromatic heterocycles. The lowest BCUT2D eigenvalue weighted by atomic mass is 9.86. The third kappa shape index (κ3) is 6.19. The van der Waals surface area contributed by atoms with Crippen LogP contribution in [0.25, 0.3) is 11.3 Å². The number of aliphatic imine (C=N–C) groups is 1.